The van der Waals surface area contributed by atoms with E-state index in [1.165, 1.54) is 49.0 Å². The number of benzene rings is 1. The van der Waals surface area contributed by atoms with Crippen LogP contribution in [0, 0.1) is 13.8 Å². The summed E-state index contributed by atoms with van der Waals surface area (Å²) in [6.07, 6.45) is 3.96. The van der Waals surface area contributed by atoms with Crippen LogP contribution in [0.4, 0.5) is 0 Å². The van der Waals surface area contributed by atoms with Crippen LogP contribution in [0.2, 0.25) is 0 Å². The van der Waals surface area contributed by atoms with E-state index < -0.39 is 0 Å². The number of piperidine rings is 1. The number of hydrazine groups is 1. The highest BCUT2D eigenvalue weighted by Gasteiger charge is 2.36. The van der Waals surface area contributed by atoms with Crippen LogP contribution >= 0.6 is 0 Å². The molecular formula is C17H29N3. The lowest BCUT2D eigenvalue weighted by Gasteiger charge is -2.46. The van der Waals surface area contributed by atoms with Crippen LogP contribution < -0.4 is 11.3 Å². The minimum absolute atomic E-state index is 0.0230. The summed E-state index contributed by atoms with van der Waals surface area (Å²) in [4.78, 5) is 2.58. The summed E-state index contributed by atoms with van der Waals surface area (Å²) < 4.78 is 0. The molecule has 3 heteroatoms. The van der Waals surface area contributed by atoms with Gasteiger partial charge in [-0.25, -0.2) is 0 Å². The maximum absolute atomic E-state index is 5.93. The van der Waals surface area contributed by atoms with E-state index in [9.17, 15) is 0 Å². The fourth-order valence-electron chi connectivity index (χ4n) is 3.48. The maximum Gasteiger partial charge on any atom is 0.0641 e. The highest BCUT2D eigenvalue weighted by atomic mass is 15.3. The molecule has 0 saturated carbocycles. The second-order valence-corrected chi connectivity index (χ2v) is 6.66. The standard InChI is InChI=1S/C17H29N3/c1-13-8-9-15(14(2)12-13)16(19-18)17(3,4)20-10-6-5-7-11-20/h8-9,12,16,19H,5-7,10-11,18H2,1-4H3. The van der Waals surface area contributed by atoms with E-state index in [1.807, 2.05) is 0 Å². The second kappa shape index (κ2) is 6.25. The first kappa shape index (κ1) is 15.5. The van der Waals surface area contributed by atoms with Gasteiger partial charge in [-0.2, -0.15) is 0 Å². The van der Waals surface area contributed by atoms with Crippen molar-refractivity contribution in [2.75, 3.05) is 13.1 Å². The molecule has 0 aliphatic carbocycles. The minimum atomic E-state index is 0.0230. The number of nitrogens with zero attached hydrogens (tertiary/aromatic N) is 1. The molecule has 1 fully saturated rings. The normalized spacial score (nSPS) is 19.1. The SMILES string of the molecule is Cc1ccc(C(NN)C(C)(C)N2CCCCC2)c(C)c1. The van der Waals surface area contributed by atoms with Crippen LogP contribution in [0.25, 0.3) is 0 Å². The summed E-state index contributed by atoms with van der Waals surface area (Å²) in [6, 6.07) is 6.80. The number of hydrogen-bond acceptors (Lipinski definition) is 3. The van der Waals surface area contributed by atoms with Gasteiger partial charge in [0.2, 0.25) is 0 Å². The van der Waals surface area contributed by atoms with Crippen molar-refractivity contribution in [1.82, 2.24) is 10.3 Å². The molecule has 1 saturated heterocycles. The molecule has 1 aliphatic rings. The summed E-state index contributed by atoms with van der Waals surface area (Å²) in [7, 11) is 0. The lowest BCUT2D eigenvalue weighted by atomic mass is 9.84. The van der Waals surface area contributed by atoms with Crippen LogP contribution in [0.1, 0.15) is 55.8 Å². The van der Waals surface area contributed by atoms with Crippen molar-refractivity contribution in [3.63, 3.8) is 0 Å². The molecule has 1 unspecified atom stereocenters. The van der Waals surface area contributed by atoms with E-state index >= 15 is 0 Å². The Labute approximate surface area is 123 Å². The molecule has 3 N–H and O–H groups in total. The summed E-state index contributed by atoms with van der Waals surface area (Å²) in [5, 5.41) is 0. The summed E-state index contributed by atoms with van der Waals surface area (Å²) in [6.45, 7) is 11.3. The van der Waals surface area contributed by atoms with Gasteiger partial charge in [0.25, 0.3) is 0 Å². The Morgan fingerprint density at radius 1 is 1.15 bits per heavy atom. The zero-order valence-corrected chi connectivity index (χ0v) is 13.4. The molecule has 0 amide bonds. The number of hydrogen-bond donors (Lipinski definition) is 2. The van der Waals surface area contributed by atoms with Crippen LogP contribution in [-0.4, -0.2) is 23.5 Å². The fraction of sp³-hybridized carbons (Fsp3) is 0.647. The zero-order valence-electron chi connectivity index (χ0n) is 13.4. The van der Waals surface area contributed by atoms with Crippen molar-refractivity contribution in [1.29, 1.82) is 0 Å². The van der Waals surface area contributed by atoms with Gasteiger partial charge in [0.1, 0.15) is 0 Å². The Morgan fingerprint density at radius 3 is 2.35 bits per heavy atom. The van der Waals surface area contributed by atoms with Gasteiger partial charge in [0.15, 0.2) is 0 Å². The van der Waals surface area contributed by atoms with Crippen molar-refractivity contribution >= 4 is 0 Å². The monoisotopic (exact) mass is 275 g/mol. The first-order chi connectivity index (χ1) is 9.46. The zero-order chi connectivity index (χ0) is 14.8. The topological polar surface area (TPSA) is 41.3 Å². The summed E-state index contributed by atoms with van der Waals surface area (Å²) in [5.74, 6) is 5.93. The van der Waals surface area contributed by atoms with Crippen LogP contribution in [0.5, 0.6) is 0 Å². The van der Waals surface area contributed by atoms with E-state index in [-0.39, 0.29) is 11.6 Å². The number of nitrogens with one attached hydrogen (secondary N) is 1. The van der Waals surface area contributed by atoms with Crippen molar-refractivity contribution < 1.29 is 0 Å². The van der Waals surface area contributed by atoms with Crippen LogP contribution in [0.3, 0.4) is 0 Å². The Balaban J connectivity index is 2.29. The molecule has 1 atom stereocenters. The second-order valence-electron chi connectivity index (χ2n) is 6.66. The predicted molar refractivity (Wildman–Crippen MR) is 85.5 cm³/mol. The van der Waals surface area contributed by atoms with E-state index in [4.69, 9.17) is 5.84 Å². The molecule has 20 heavy (non-hydrogen) atoms. The molecule has 1 heterocycles. The Kier molecular flexibility index (Phi) is 4.84. The van der Waals surface area contributed by atoms with Crippen molar-refractivity contribution in [3.8, 4) is 0 Å². The third-order valence-electron chi connectivity index (χ3n) is 4.78. The van der Waals surface area contributed by atoms with Crippen molar-refractivity contribution in [2.45, 2.75) is 58.5 Å². The van der Waals surface area contributed by atoms with E-state index in [0.29, 0.717) is 0 Å². The van der Waals surface area contributed by atoms with Gasteiger partial charge in [-0.1, -0.05) is 30.2 Å². The number of nitrogens with two attached hydrogens (primary N) is 1. The number of rotatable bonds is 4. The van der Waals surface area contributed by atoms with E-state index in [1.54, 1.807) is 0 Å². The molecule has 1 aromatic carbocycles. The predicted octanol–water partition coefficient (Wildman–Crippen LogP) is 3.07. The van der Waals surface area contributed by atoms with Gasteiger partial charge in [0.05, 0.1) is 6.04 Å². The summed E-state index contributed by atoms with van der Waals surface area (Å²) in [5.41, 5.74) is 7.03. The quantitative estimate of drug-likeness (QED) is 0.655. The van der Waals surface area contributed by atoms with Gasteiger partial charge in [-0.15, -0.1) is 0 Å². The smallest absolute Gasteiger partial charge is 0.0641 e. The first-order valence-corrected chi connectivity index (χ1v) is 7.75. The van der Waals surface area contributed by atoms with Crippen molar-refractivity contribution in [3.05, 3.63) is 34.9 Å². The van der Waals surface area contributed by atoms with Gasteiger partial charge in [-0.05, 0) is 64.8 Å². The fourth-order valence-corrected chi connectivity index (χ4v) is 3.48. The minimum Gasteiger partial charge on any atom is -0.296 e. The average Bonchev–Trinajstić information content (AvgIpc) is 2.43. The maximum atomic E-state index is 5.93. The number of aryl methyl sites for hydroxylation is 2. The lowest BCUT2D eigenvalue weighted by Crippen LogP contribution is -2.55. The average molecular weight is 275 g/mol. The Morgan fingerprint density at radius 2 is 1.80 bits per heavy atom. The first-order valence-electron chi connectivity index (χ1n) is 7.75. The summed E-state index contributed by atoms with van der Waals surface area (Å²) >= 11 is 0. The molecular weight excluding hydrogens is 246 g/mol. The van der Waals surface area contributed by atoms with E-state index in [2.05, 4.69) is 56.2 Å². The molecule has 0 bridgehead atoms. The molecule has 112 valence electrons. The highest BCUT2D eigenvalue weighted by Crippen LogP contribution is 2.34. The lowest BCUT2D eigenvalue weighted by molar-refractivity contribution is 0.0606. The van der Waals surface area contributed by atoms with Gasteiger partial charge < -0.3 is 0 Å². The molecule has 2 rings (SSSR count). The van der Waals surface area contributed by atoms with Crippen LogP contribution in [-0.2, 0) is 0 Å². The molecule has 3 nitrogen and oxygen atoms in total. The van der Waals surface area contributed by atoms with Gasteiger partial charge in [0, 0.05) is 5.54 Å². The largest absolute Gasteiger partial charge is 0.296 e. The third kappa shape index (κ3) is 3.05. The third-order valence-corrected chi connectivity index (χ3v) is 4.78. The molecule has 0 aromatic heterocycles. The molecule has 1 aliphatic heterocycles. The van der Waals surface area contributed by atoms with Crippen molar-refractivity contribution in [2.24, 2.45) is 5.84 Å². The van der Waals surface area contributed by atoms with Gasteiger partial charge >= 0.3 is 0 Å². The molecule has 1 aromatic rings. The Hall–Kier alpha value is -0.900. The van der Waals surface area contributed by atoms with Crippen LogP contribution in [0.15, 0.2) is 18.2 Å². The molecule has 0 spiro atoms. The Bertz CT molecular complexity index is 448. The molecule has 0 radical (unpaired) electrons. The number of likely N-dealkylation sites (tertiary alicyclic amines) is 1. The van der Waals surface area contributed by atoms with Gasteiger partial charge in [-0.3, -0.25) is 16.2 Å². The van der Waals surface area contributed by atoms with E-state index in [0.717, 1.165) is 0 Å². The highest BCUT2D eigenvalue weighted by molar-refractivity contribution is 5.34.